The van der Waals surface area contributed by atoms with Crippen LogP contribution in [-0.4, -0.2) is 16.1 Å². The van der Waals surface area contributed by atoms with E-state index in [4.69, 9.17) is 16.7 Å². The summed E-state index contributed by atoms with van der Waals surface area (Å²) >= 11 is 5.66. The van der Waals surface area contributed by atoms with Gasteiger partial charge in [-0.25, -0.2) is 18.6 Å². The second-order valence-electron chi connectivity index (χ2n) is 3.49. The molecule has 0 unspecified atom stereocenters. The molecule has 1 aromatic heterocycles. The largest absolute Gasteiger partial charge is 0.478 e. The number of aromatic carboxylic acids is 1. The smallest absolute Gasteiger partial charge is 0.335 e. The van der Waals surface area contributed by atoms with E-state index in [2.05, 4.69) is 4.98 Å². The van der Waals surface area contributed by atoms with Crippen LogP contribution in [0.15, 0.2) is 30.3 Å². The van der Waals surface area contributed by atoms with Crippen molar-refractivity contribution in [1.82, 2.24) is 4.98 Å². The molecule has 0 aliphatic rings. The summed E-state index contributed by atoms with van der Waals surface area (Å²) in [5.74, 6) is -2.76. The lowest BCUT2D eigenvalue weighted by Gasteiger charge is -2.05. The minimum atomic E-state index is -1.21. The van der Waals surface area contributed by atoms with Crippen LogP contribution in [-0.2, 0) is 0 Å². The highest BCUT2D eigenvalue weighted by Crippen LogP contribution is 2.24. The molecule has 92 valence electrons. The molecule has 0 fully saturated rings. The van der Waals surface area contributed by atoms with E-state index in [9.17, 15) is 13.6 Å². The standard InChI is InChI=1S/C12H6ClF2NO2/c13-11-4-6(12(17)18)3-10(16-11)8-2-1-7(14)5-9(8)15/h1-5H,(H,17,18). The molecule has 0 aliphatic heterocycles. The number of carboxylic acids is 1. The van der Waals surface area contributed by atoms with Gasteiger partial charge in [0.15, 0.2) is 0 Å². The quantitative estimate of drug-likeness (QED) is 0.850. The summed E-state index contributed by atoms with van der Waals surface area (Å²) < 4.78 is 26.3. The number of nitrogens with zero attached hydrogens (tertiary/aromatic N) is 1. The Morgan fingerprint density at radius 1 is 1.22 bits per heavy atom. The molecule has 2 aromatic rings. The first-order valence-electron chi connectivity index (χ1n) is 4.83. The van der Waals surface area contributed by atoms with Crippen molar-refractivity contribution in [3.05, 3.63) is 52.7 Å². The van der Waals surface area contributed by atoms with Gasteiger partial charge in [0.25, 0.3) is 0 Å². The number of halogens is 3. The van der Waals surface area contributed by atoms with Gasteiger partial charge in [-0.05, 0) is 24.3 Å². The molecule has 0 saturated carbocycles. The van der Waals surface area contributed by atoms with Crippen molar-refractivity contribution in [2.24, 2.45) is 0 Å². The topological polar surface area (TPSA) is 50.2 Å². The van der Waals surface area contributed by atoms with Crippen LogP contribution >= 0.6 is 11.6 Å². The van der Waals surface area contributed by atoms with Crippen LogP contribution in [0, 0.1) is 11.6 Å². The Bertz CT molecular complexity index is 631. The summed E-state index contributed by atoms with van der Waals surface area (Å²) in [6.45, 7) is 0. The van der Waals surface area contributed by atoms with E-state index < -0.39 is 17.6 Å². The van der Waals surface area contributed by atoms with Crippen LogP contribution in [0.4, 0.5) is 8.78 Å². The first-order chi connectivity index (χ1) is 8.47. The molecule has 3 nitrogen and oxygen atoms in total. The van der Waals surface area contributed by atoms with Gasteiger partial charge in [-0.3, -0.25) is 0 Å². The molecule has 1 heterocycles. The number of carbonyl (C=O) groups is 1. The summed E-state index contributed by atoms with van der Waals surface area (Å²) in [6.07, 6.45) is 0. The molecule has 2 rings (SSSR count). The van der Waals surface area contributed by atoms with E-state index in [1.165, 1.54) is 12.1 Å². The van der Waals surface area contributed by atoms with Crippen molar-refractivity contribution in [1.29, 1.82) is 0 Å². The summed E-state index contributed by atoms with van der Waals surface area (Å²) in [5.41, 5.74) is -0.0903. The average molecular weight is 270 g/mol. The minimum Gasteiger partial charge on any atom is -0.478 e. The summed E-state index contributed by atoms with van der Waals surface area (Å²) in [5, 5.41) is 8.78. The number of hydrogen-bond acceptors (Lipinski definition) is 2. The Balaban J connectivity index is 2.60. The predicted octanol–water partition coefficient (Wildman–Crippen LogP) is 3.38. The fraction of sp³-hybridized carbons (Fsp3) is 0. The van der Waals surface area contributed by atoms with Gasteiger partial charge in [-0.1, -0.05) is 11.6 Å². The fourth-order valence-corrected chi connectivity index (χ4v) is 1.66. The van der Waals surface area contributed by atoms with Gasteiger partial charge in [-0.15, -0.1) is 0 Å². The first-order valence-corrected chi connectivity index (χ1v) is 5.21. The lowest BCUT2D eigenvalue weighted by molar-refractivity contribution is 0.0697. The summed E-state index contributed by atoms with van der Waals surface area (Å²) in [7, 11) is 0. The van der Waals surface area contributed by atoms with Crippen molar-refractivity contribution in [2.75, 3.05) is 0 Å². The maximum Gasteiger partial charge on any atom is 0.335 e. The van der Waals surface area contributed by atoms with E-state index in [0.717, 1.165) is 12.1 Å². The molecule has 0 atom stereocenters. The normalized spacial score (nSPS) is 10.4. The fourth-order valence-electron chi connectivity index (χ4n) is 1.46. The van der Waals surface area contributed by atoms with Crippen molar-refractivity contribution in [3.8, 4) is 11.3 Å². The third-order valence-corrected chi connectivity index (χ3v) is 2.44. The zero-order chi connectivity index (χ0) is 13.3. The molecule has 0 saturated heterocycles. The van der Waals surface area contributed by atoms with E-state index in [-0.39, 0.29) is 22.0 Å². The monoisotopic (exact) mass is 269 g/mol. The highest BCUT2D eigenvalue weighted by molar-refractivity contribution is 6.29. The van der Waals surface area contributed by atoms with Crippen molar-refractivity contribution in [3.63, 3.8) is 0 Å². The highest BCUT2D eigenvalue weighted by atomic mass is 35.5. The zero-order valence-corrected chi connectivity index (χ0v) is 9.58. The Morgan fingerprint density at radius 3 is 2.56 bits per heavy atom. The molecular formula is C12H6ClF2NO2. The van der Waals surface area contributed by atoms with Crippen LogP contribution in [0.25, 0.3) is 11.3 Å². The van der Waals surface area contributed by atoms with Gasteiger partial charge in [0, 0.05) is 11.6 Å². The SMILES string of the molecule is O=C(O)c1cc(Cl)nc(-c2ccc(F)cc2F)c1. The first kappa shape index (κ1) is 12.4. The maximum atomic E-state index is 13.5. The Morgan fingerprint density at radius 2 is 1.94 bits per heavy atom. The van der Waals surface area contributed by atoms with Gasteiger partial charge < -0.3 is 5.11 Å². The van der Waals surface area contributed by atoms with Crippen LogP contribution in [0.2, 0.25) is 5.15 Å². The molecular weight excluding hydrogens is 264 g/mol. The molecule has 0 aliphatic carbocycles. The van der Waals surface area contributed by atoms with Crippen molar-refractivity contribution < 1.29 is 18.7 Å². The third-order valence-electron chi connectivity index (χ3n) is 2.25. The lowest BCUT2D eigenvalue weighted by atomic mass is 10.1. The molecule has 0 bridgehead atoms. The minimum absolute atomic E-state index is 0.0126. The van der Waals surface area contributed by atoms with Gasteiger partial charge in [-0.2, -0.15) is 0 Å². The van der Waals surface area contributed by atoms with Gasteiger partial charge in [0.1, 0.15) is 16.8 Å². The molecule has 0 radical (unpaired) electrons. The molecule has 1 aromatic carbocycles. The Kier molecular flexibility index (Phi) is 3.25. The van der Waals surface area contributed by atoms with Gasteiger partial charge in [0.2, 0.25) is 0 Å². The maximum absolute atomic E-state index is 13.5. The second kappa shape index (κ2) is 4.70. The van der Waals surface area contributed by atoms with Crippen molar-refractivity contribution in [2.45, 2.75) is 0 Å². The number of benzene rings is 1. The van der Waals surface area contributed by atoms with Gasteiger partial charge >= 0.3 is 5.97 Å². The van der Waals surface area contributed by atoms with Crippen LogP contribution in [0.5, 0.6) is 0 Å². The Hall–Kier alpha value is -2.01. The molecule has 0 spiro atoms. The lowest BCUT2D eigenvalue weighted by Crippen LogP contribution is -1.99. The van der Waals surface area contributed by atoms with Crippen LogP contribution in [0.3, 0.4) is 0 Å². The van der Waals surface area contributed by atoms with Gasteiger partial charge in [0.05, 0.1) is 11.3 Å². The number of carboxylic acid groups (broad SMARTS) is 1. The Labute approximate surface area is 106 Å². The highest BCUT2D eigenvalue weighted by Gasteiger charge is 2.12. The van der Waals surface area contributed by atoms with E-state index in [1.54, 1.807) is 0 Å². The summed E-state index contributed by atoms with van der Waals surface area (Å²) in [4.78, 5) is 14.7. The molecule has 1 N–H and O–H groups in total. The molecule has 0 amide bonds. The predicted molar refractivity (Wildman–Crippen MR) is 61.6 cm³/mol. The van der Waals surface area contributed by atoms with E-state index >= 15 is 0 Å². The number of pyridine rings is 1. The van der Waals surface area contributed by atoms with Crippen LogP contribution in [0.1, 0.15) is 10.4 Å². The zero-order valence-electron chi connectivity index (χ0n) is 8.82. The molecule has 18 heavy (non-hydrogen) atoms. The van der Waals surface area contributed by atoms with Crippen molar-refractivity contribution >= 4 is 17.6 Å². The third kappa shape index (κ3) is 2.46. The second-order valence-corrected chi connectivity index (χ2v) is 3.88. The number of aromatic nitrogens is 1. The summed E-state index contributed by atoms with van der Waals surface area (Å²) in [6, 6.07) is 5.24. The molecule has 6 heteroatoms. The number of rotatable bonds is 2. The average Bonchev–Trinajstić information content (AvgIpc) is 2.27. The van der Waals surface area contributed by atoms with E-state index in [0.29, 0.717) is 6.07 Å². The van der Waals surface area contributed by atoms with Crippen LogP contribution < -0.4 is 0 Å². The number of hydrogen-bond donors (Lipinski definition) is 1. The van der Waals surface area contributed by atoms with E-state index in [1.807, 2.05) is 0 Å².